The van der Waals surface area contributed by atoms with Gasteiger partial charge in [0, 0.05) is 12.7 Å². The summed E-state index contributed by atoms with van der Waals surface area (Å²) in [5.74, 6) is -2.58. The zero-order valence-electron chi connectivity index (χ0n) is 14.4. The lowest BCUT2D eigenvalue weighted by atomic mass is 9.94. The lowest BCUT2D eigenvalue weighted by Crippen LogP contribution is -2.13. The predicted octanol–water partition coefficient (Wildman–Crippen LogP) is 2.10. The highest BCUT2D eigenvalue weighted by Gasteiger charge is 2.27. The van der Waals surface area contributed by atoms with Crippen LogP contribution in [0.5, 0.6) is 11.5 Å². The first kappa shape index (κ1) is 19.2. The lowest BCUT2D eigenvalue weighted by molar-refractivity contribution is -0.116. The molecule has 0 aromatic heterocycles. The van der Waals surface area contributed by atoms with E-state index in [1.54, 1.807) is 6.92 Å². The number of carbonyl (C=O) groups is 3. The minimum Gasteiger partial charge on any atom is -0.507 e. The summed E-state index contributed by atoms with van der Waals surface area (Å²) in [6.45, 7) is 1.78. The van der Waals surface area contributed by atoms with Crippen LogP contribution in [0.1, 0.15) is 39.3 Å². The largest absolute Gasteiger partial charge is 0.507 e. The molecule has 2 N–H and O–H groups in total. The molecule has 0 fully saturated rings. The number of esters is 2. The van der Waals surface area contributed by atoms with Crippen molar-refractivity contribution in [2.75, 3.05) is 20.8 Å². The summed E-state index contributed by atoms with van der Waals surface area (Å²) in [6, 6.07) is 3.86. The second-order valence-corrected chi connectivity index (χ2v) is 5.29. The van der Waals surface area contributed by atoms with Crippen LogP contribution in [0.2, 0.25) is 0 Å². The Morgan fingerprint density at radius 1 is 1.15 bits per heavy atom. The van der Waals surface area contributed by atoms with Gasteiger partial charge >= 0.3 is 11.9 Å². The second-order valence-electron chi connectivity index (χ2n) is 5.29. The number of hydrogen-bond acceptors (Lipinski definition) is 8. The smallest absolute Gasteiger partial charge is 0.342 e. The normalized spacial score (nSPS) is 11.8. The van der Waals surface area contributed by atoms with Gasteiger partial charge in [-0.05, 0) is 30.5 Å². The van der Waals surface area contributed by atoms with Crippen LogP contribution in [0, 0.1) is 0 Å². The highest BCUT2D eigenvalue weighted by molar-refractivity contribution is 6.07. The summed E-state index contributed by atoms with van der Waals surface area (Å²) >= 11 is 0. The average Bonchev–Trinajstić information content (AvgIpc) is 2.62. The van der Waals surface area contributed by atoms with Crippen molar-refractivity contribution in [1.82, 2.24) is 0 Å². The van der Waals surface area contributed by atoms with Gasteiger partial charge in [0.15, 0.2) is 6.29 Å². The van der Waals surface area contributed by atoms with E-state index in [4.69, 9.17) is 9.47 Å². The summed E-state index contributed by atoms with van der Waals surface area (Å²) in [5, 5.41) is 20.9. The number of rotatable bonds is 6. The number of aldehydes is 1. The van der Waals surface area contributed by atoms with Crippen molar-refractivity contribution in [2.24, 2.45) is 0 Å². The molecule has 0 aliphatic heterocycles. The molecule has 0 aliphatic rings. The third-order valence-electron chi connectivity index (χ3n) is 3.81. The van der Waals surface area contributed by atoms with E-state index < -0.39 is 29.5 Å². The number of ether oxygens (including phenoxy) is 3. The van der Waals surface area contributed by atoms with Gasteiger partial charge < -0.3 is 29.2 Å². The molecule has 2 aromatic rings. The van der Waals surface area contributed by atoms with Crippen molar-refractivity contribution in [2.45, 2.75) is 13.0 Å². The first-order chi connectivity index (χ1) is 12.4. The van der Waals surface area contributed by atoms with E-state index in [1.165, 1.54) is 19.2 Å². The Kier molecular flexibility index (Phi) is 5.78. The Bertz CT molecular complexity index is 871. The van der Waals surface area contributed by atoms with Gasteiger partial charge in [-0.15, -0.1) is 0 Å². The molecule has 1 atom stereocenters. The van der Waals surface area contributed by atoms with Gasteiger partial charge in [-0.1, -0.05) is 0 Å². The van der Waals surface area contributed by atoms with Crippen molar-refractivity contribution in [3.63, 3.8) is 0 Å². The molecule has 8 heteroatoms. The third kappa shape index (κ3) is 3.31. The summed E-state index contributed by atoms with van der Waals surface area (Å²) in [4.78, 5) is 35.3. The number of carbonyl (C=O) groups excluding carboxylic acids is 3. The van der Waals surface area contributed by atoms with Crippen molar-refractivity contribution < 1.29 is 38.8 Å². The Hall–Kier alpha value is -3.13. The molecule has 0 heterocycles. The molecule has 0 amide bonds. The van der Waals surface area contributed by atoms with Gasteiger partial charge in [-0.3, -0.25) is 0 Å². The number of benzene rings is 2. The van der Waals surface area contributed by atoms with Gasteiger partial charge in [-0.25, -0.2) is 9.59 Å². The first-order valence-electron chi connectivity index (χ1n) is 7.65. The Morgan fingerprint density at radius 2 is 1.85 bits per heavy atom. The average molecular weight is 362 g/mol. The minimum atomic E-state index is -1.16. The van der Waals surface area contributed by atoms with Crippen LogP contribution in [0.4, 0.5) is 0 Å². The van der Waals surface area contributed by atoms with Gasteiger partial charge in [0.05, 0.1) is 24.7 Å². The van der Waals surface area contributed by atoms with Gasteiger partial charge in [0.25, 0.3) is 0 Å². The molecule has 0 saturated heterocycles. The fourth-order valence-corrected chi connectivity index (χ4v) is 2.65. The van der Waals surface area contributed by atoms with Crippen LogP contribution >= 0.6 is 0 Å². The van der Waals surface area contributed by atoms with E-state index in [2.05, 4.69) is 4.74 Å². The number of phenols is 2. The Morgan fingerprint density at radius 3 is 2.38 bits per heavy atom. The molecule has 1 unspecified atom stereocenters. The SMILES string of the molecule is CCOC(=O)c1cc(O)c2c(O)c(C(=O)OC)c(C(C=O)OC)cc2c1. The molecule has 0 aliphatic carbocycles. The predicted molar refractivity (Wildman–Crippen MR) is 90.4 cm³/mol. The third-order valence-corrected chi connectivity index (χ3v) is 3.81. The van der Waals surface area contributed by atoms with E-state index >= 15 is 0 Å². The maximum absolute atomic E-state index is 12.1. The number of fused-ring (bicyclic) bond motifs is 1. The fourth-order valence-electron chi connectivity index (χ4n) is 2.65. The maximum atomic E-state index is 12.1. The zero-order chi connectivity index (χ0) is 19.4. The van der Waals surface area contributed by atoms with E-state index in [0.717, 1.165) is 13.2 Å². The molecule has 2 rings (SSSR count). The minimum absolute atomic E-state index is 0.0414. The zero-order valence-corrected chi connectivity index (χ0v) is 14.4. The van der Waals surface area contributed by atoms with Crippen molar-refractivity contribution >= 4 is 29.0 Å². The van der Waals surface area contributed by atoms with Crippen molar-refractivity contribution in [3.8, 4) is 11.5 Å². The molecule has 0 spiro atoms. The van der Waals surface area contributed by atoms with Crippen LogP contribution < -0.4 is 0 Å². The molecule has 138 valence electrons. The highest BCUT2D eigenvalue weighted by Crippen LogP contribution is 2.40. The topological polar surface area (TPSA) is 119 Å². The van der Waals surface area contributed by atoms with Gasteiger partial charge in [0.2, 0.25) is 0 Å². The maximum Gasteiger partial charge on any atom is 0.342 e. The molecular weight excluding hydrogens is 344 g/mol. The highest BCUT2D eigenvalue weighted by atomic mass is 16.5. The van der Waals surface area contributed by atoms with Gasteiger partial charge in [-0.2, -0.15) is 0 Å². The van der Waals surface area contributed by atoms with Crippen LogP contribution in [0.15, 0.2) is 18.2 Å². The van der Waals surface area contributed by atoms with E-state index in [1.807, 2.05) is 0 Å². The standard InChI is InChI=1S/C18H18O8/c1-4-26-17(22)10-5-9-6-11(13(8-19)24-2)15(18(23)25-3)16(21)14(9)12(20)7-10/h5-8,13,20-21H,4H2,1-3H3. The lowest BCUT2D eigenvalue weighted by Gasteiger charge is -2.17. The van der Waals surface area contributed by atoms with Crippen LogP contribution in [0.25, 0.3) is 10.8 Å². The van der Waals surface area contributed by atoms with Crippen LogP contribution in [-0.2, 0) is 19.0 Å². The second kappa shape index (κ2) is 7.83. The molecular formula is C18H18O8. The number of phenolic OH excluding ortho intramolecular Hbond substituents is 2. The van der Waals surface area contributed by atoms with E-state index in [0.29, 0.717) is 6.29 Å². The summed E-state index contributed by atoms with van der Waals surface area (Å²) in [6.07, 6.45) is -0.713. The quantitative estimate of drug-likeness (QED) is 0.592. The number of aromatic hydroxyl groups is 2. The molecule has 0 bridgehead atoms. The summed E-state index contributed by atoms with van der Waals surface area (Å²) in [5.41, 5.74) is -0.217. The van der Waals surface area contributed by atoms with E-state index in [-0.39, 0.29) is 34.1 Å². The number of hydrogen-bond donors (Lipinski definition) is 2. The molecule has 2 aromatic carbocycles. The molecule has 0 saturated carbocycles. The van der Waals surface area contributed by atoms with Gasteiger partial charge in [0.1, 0.15) is 23.2 Å². The summed E-state index contributed by atoms with van der Waals surface area (Å²) < 4.78 is 14.6. The summed E-state index contributed by atoms with van der Waals surface area (Å²) in [7, 11) is 2.37. The molecule has 0 radical (unpaired) electrons. The van der Waals surface area contributed by atoms with Crippen molar-refractivity contribution in [3.05, 3.63) is 34.9 Å². The Balaban J connectivity index is 2.85. The van der Waals surface area contributed by atoms with Crippen LogP contribution in [0.3, 0.4) is 0 Å². The first-order valence-corrected chi connectivity index (χ1v) is 7.65. The number of methoxy groups -OCH3 is 2. The van der Waals surface area contributed by atoms with E-state index in [9.17, 15) is 24.6 Å². The molecule has 8 nitrogen and oxygen atoms in total. The Labute approximate surface area is 148 Å². The fraction of sp³-hybridized carbons (Fsp3) is 0.278. The monoisotopic (exact) mass is 362 g/mol. The van der Waals surface area contributed by atoms with Crippen LogP contribution in [-0.4, -0.2) is 49.3 Å². The molecule has 26 heavy (non-hydrogen) atoms. The van der Waals surface area contributed by atoms with Crippen molar-refractivity contribution in [1.29, 1.82) is 0 Å².